The molecular weight excluding hydrogens is 328 g/mol. The van der Waals surface area contributed by atoms with Crippen LogP contribution in [0.1, 0.15) is 29.8 Å². The molecule has 1 saturated heterocycles. The summed E-state index contributed by atoms with van der Waals surface area (Å²) in [5.74, 6) is -0.00664. The van der Waals surface area contributed by atoms with E-state index in [0.29, 0.717) is 35.9 Å². The van der Waals surface area contributed by atoms with Crippen LogP contribution in [-0.2, 0) is 4.79 Å². The zero-order valence-corrected chi connectivity index (χ0v) is 14.0. The van der Waals surface area contributed by atoms with Crippen molar-refractivity contribution in [2.45, 2.75) is 19.3 Å². The van der Waals surface area contributed by atoms with E-state index >= 15 is 0 Å². The van der Waals surface area contributed by atoms with Crippen LogP contribution in [0.5, 0.6) is 0 Å². The molecule has 1 fully saturated rings. The second-order valence-electron chi connectivity index (χ2n) is 5.74. The quantitative estimate of drug-likeness (QED) is 0.789. The summed E-state index contributed by atoms with van der Waals surface area (Å²) in [5, 5.41) is 10.3. The molecule has 1 aliphatic rings. The number of rotatable bonds is 6. The Balaban J connectivity index is 1.51. The van der Waals surface area contributed by atoms with Gasteiger partial charge in [-0.3, -0.25) is 14.7 Å². The number of likely N-dealkylation sites (tertiary alicyclic amines) is 1. The van der Waals surface area contributed by atoms with Gasteiger partial charge in [0.25, 0.3) is 5.91 Å². The zero-order valence-electron chi connectivity index (χ0n) is 13.2. The van der Waals surface area contributed by atoms with E-state index < -0.39 is 0 Å². The number of nitrogens with one attached hydrogen (secondary N) is 2. The van der Waals surface area contributed by atoms with Crippen molar-refractivity contribution in [1.82, 2.24) is 20.4 Å². The first-order valence-corrected chi connectivity index (χ1v) is 8.39. The van der Waals surface area contributed by atoms with Gasteiger partial charge in [0.1, 0.15) is 5.69 Å². The molecule has 0 unspecified atom stereocenters. The van der Waals surface area contributed by atoms with Gasteiger partial charge in [-0.25, -0.2) is 0 Å². The van der Waals surface area contributed by atoms with E-state index in [2.05, 4.69) is 15.5 Å². The molecule has 0 aliphatic carbocycles. The Kier molecular flexibility index (Phi) is 5.15. The Hall–Kier alpha value is -2.34. The highest BCUT2D eigenvalue weighted by Gasteiger charge is 2.19. The first-order valence-electron chi connectivity index (χ1n) is 8.01. The van der Waals surface area contributed by atoms with Crippen LogP contribution in [0.2, 0.25) is 5.02 Å². The summed E-state index contributed by atoms with van der Waals surface area (Å²) in [4.78, 5) is 25.5. The molecule has 2 heterocycles. The van der Waals surface area contributed by atoms with Gasteiger partial charge in [-0.05, 0) is 25.0 Å². The van der Waals surface area contributed by atoms with E-state index in [0.717, 1.165) is 24.9 Å². The number of carbonyl (C=O) groups is 2. The number of halogens is 1. The SMILES string of the molecule is O=C(NCCCN1CCCC1=O)c1cc(-c2ccccc2Cl)n[nH]1. The van der Waals surface area contributed by atoms with E-state index in [9.17, 15) is 9.59 Å². The fourth-order valence-corrected chi connectivity index (χ4v) is 2.99. The molecule has 0 atom stereocenters. The molecule has 2 aromatic rings. The van der Waals surface area contributed by atoms with Gasteiger partial charge in [0.2, 0.25) is 5.91 Å². The molecule has 24 heavy (non-hydrogen) atoms. The Bertz CT molecular complexity index is 744. The number of hydrogen-bond acceptors (Lipinski definition) is 3. The molecule has 0 saturated carbocycles. The molecule has 0 radical (unpaired) electrons. The fourth-order valence-electron chi connectivity index (χ4n) is 2.75. The highest BCUT2D eigenvalue weighted by Crippen LogP contribution is 2.26. The van der Waals surface area contributed by atoms with Crippen LogP contribution in [0.15, 0.2) is 30.3 Å². The average molecular weight is 347 g/mol. The molecule has 7 heteroatoms. The molecule has 126 valence electrons. The second-order valence-corrected chi connectivity index (χ2v) is 6.15. The summed E-state index contributed by atoms with van der Waals surface area (Å²) in [7, 11) is 0. The summed E-state index contributed by atoms with van der Waals surface area (Å²) in [6.45, 7) is 2.03. The monoisotopic (exact) mass is 346 g/mol. The minimum atomic E-state index is -0.214. The largest absolute Gasteiger partial charge is 0.351 e. The van der Waals surface area contributed by atoms with Gasteiger partial charge in [0, 0.05) is 31.6 Å². The Morgan fingerprint density at radius 3 is 2.96 bits per heavy atom. The van der Waals surface area contributed by atoms with Gasteiger partial charge in [0.05, 0.1) is 10.7 Å². The Labute approximate surface area is 145 Å². The zero-order chi connectivity index (χ0) is 16.9. The maximum absolute atomic E-state index is 12.1. The molecule has 0 bridgehead atoms. The van der Waals surface area contributed by atoms with Crippen LogP contribution in [0.3, 0.4) is 0 Å². The minimum Gasteiger partial charge on any atom is -0.351 e. The van der Waals surface area contributed by atoms with E-state index in [4.69, 9.17) is 11.6 Å². The number of nitrogens with zero attached hydrogens (tertiary/aromatic N) is 2. The van der Waals surface area contributed by atoms with Crippen molar-refractivity contribution >= 4 is 23.4 Å². The lowest BCUT2D eigenvalue weighted by Gasteiger charge is -2.15. The van der Waals surface area contributed by atoms with Crippen LogP contribution >= 0.6 is 11.6 Å². The van der Waals surface area contributed by atoms with Crippen molar-refractivity contribution in [3.8, 4) is 11.3 Å². The third-order valence-electron chi connectivity index (χ3n) is 4.03. The maximum Gasteiger partial charge on any atom is 0.269 e. The van der Waals surface area contributed by atoms with E-state index in [1.807, 2.05) is 23.1 Å². The Morgan fingerprint density at radius 1 is 1.38 bits per heavy atom. The van der Waals surface area contributed by atoms with Gasteiger partial charge in [-0.15, -0.1) is 0 Å². The first-order chi connectivity index (χ1) is 11.6. The number of benzene rings is 1. The number of H-pyrrole nitrogens is 1. The lowest BCUT2D eigenvalue weighted by Crippen LogP contribution is -2.30. The lowest BCUT2D eigenvalue weighted by molar-refractivity contribution is -0.127. The van der Waals surface area contributed by atoms with Crippen LogP contribution in [-0.4, -0.2) is 46.5 Å². The molecular formula is C17H19ClN4O2. The van der Waals surface area contributed by atoms with E-state index in [1.165, 1.54) is 0 Å². The summed E-state index contributed by atoms with van der Waals surface area (Å²) < 4.78 is 0. The molecule has 2 N–H and O–H groups in total. The predicted octanol–water partition coefficient (Wildman–Crippen LogP) is 2.47. The van der Waals surface area contributed by atoms with Gasteiger partial charge in [-0.2, -0.15) is 5.10 Å². The molecule has 6 nitrogen and oxygen atoms in total. The number of hydrogen-bond donors (Lipinski definition) is 2. The van der Waals surface area contributed by atoms with Crippen LogP contribution in [0.4, 0.5) is 0 Å². The summed E-state index contributed by atoms with van der Waals surface area (Å²) >= 11 is 6.14. The summed E-state index contributed by atoms with van der Waals surface area (Å²) in [6, 6.07) is 9.03. The van der Waals surface area contributed by atoms with E-state index in [1.54, 1.807) is 12.1 Å². The normalized spacial score (nSPS) is 14.2. The highest BCUT2D eigenvalue weighted by atomic mass is 35.5. The van der Waals surface area contributed by atoms with E-state index in [-0.39, 0.29) is 11.8 Å². The third kappa shape index (κ3) is 3.76. The molecule has 2 amide bonds. The van der Waals surface area contributed by atoms with Crippen molar-refractivity contribution < 1.29 is 9.59 Å². The lowest BCUT2D eigenvalue weighted by atomic mass is 10.1. The standard InChI is InChI=1S/C17H19ClN4O2/c18-13-6-2-1-5-12(13)14-11-15(21-20-14)17(24)19-8-4-10-22-9-3-7-16(22)23/h1-2,5-6,11H,3-4,7-10H2,(H,19,24)(H,20,21). The molecule has 3 rings (SSSR count). The van der Waals surface area contributed by atoms with Crippen molar-refractivity contribution in [2.75, 3.05) is 19.6 Å². The van der Waals surface area contributed by atoms with Gasteiger partial charge < -0.3 is 10.2 Å². The third-order valence-corrected chi connectivity index (χ3v) is 4.36. The van der Waals surface area contributed by atoms with Crippen molar-refractivity contribution in [3.63, 3.8) is 0 Å². The number of aromatic nitrogens is 2. The van der Waals surface area contributed by atoms with Crippen LogP contribution in [0.25, 0.3) is 11.3 Å². The number of amides is 2. The van der Waals surface area contributed by atoms with Gasteiger partial charge in [-0.1, -0.05) is 29.8 Å². The average Bonchev–Trinajstić information content (AvgIpc) is 3.21. The maximum atomic E-state index is 12.1. The highest BCUT2D eigenvalue weighted by molar-refractivity contribution is 6.33. The van der Waals surface area contributed by atoms with Crippen molar-refractivity contribution in [2.24, 2.45) is 0 Å². The minimum absolute atomic E-state index is 0.208. The fraction of sp³-hybridized carbons (Fsp3) is 0.353. The number of aromatic amines is 1. The molecule has 1 aromatic carbocycles. The summed E-state index contributed by atoms with van der Waals surface area (Å²) in [5.41, 5.74) is 1.80. The summed E-state index contributed by atoms with van der Waals surface area (Å²) in [6.07, 6.45) is 2.32. The molecule has 1 aliphatic heterocycles. The van der Waals surface area contributed by atoms with Crippen molar-refractivity contribution in [3.05, 3.63) is 41.0 Å². The topological polar surface area (TPSA) is 78.1 Å². The second kappa shape index (κ2) is 7.49. The predicted molar refractivity (Wildman–Crippen MR) is 91.8 cm³/mol. The smallest absolute Gasteiger partial charge is 0.269 e. The van der Waals surface area contributed by atoms with Crippen molar-refractivity contribution in [1.29, 1.82) is 0 Å². The van der Waals surface area contributed by atoms with Crippen LogP contribution < -0.4 is 5.32 Å². The molecule has 0 spiro atoms. The first kappa shape index (κ1) is 16.5. The van der Waals surface area contributed by atoms with Gasteiger partial charge in [0.15, 0.2) is 0 Å². The van der Waals surface area contributed by atoms with Crippen LogP contribution in [0, 0.1) is 0 Å². The molecule has 1 aromatic heterocycles. The van der Waals surface area contributed by atoms with Gasteiger partial charge >= 0.3 is 0 Å². The Morgan fingerprint density at radius 2 is 2.21 bits per heavy atom. The number of carbonyl (C=O) groups excluding carboxylic acids is 2.